The van der Waals surface area contributed by atoms with Gasteiger partial charge in [-0.1, -0.05) is 0 Å². The summed E-state index contributed by atoms with van der Waals surface area (Å²) in [5, 5.41) is 12.0. The molecule has 2 rings (SSSR count). The van der Waals surface area contributed by atoms with E-state index in [1.807, 2.05) is 0 Å². The Bertz CT molecular complexity index is 600. The third-order valence-corrected chi connectivity index (χ3v) is 4.82. The summed E-state index contributed by atoms with van der Waals surface area (Å²) in [5.74, 6) is -1.63. The summed E-state index contributed by atoms with van der Waals surface area (Å²) in [6, 6.07) is 2.55. The van der Waals surface area contributed by atoms with Crippen LogP contribution < -0.4 is 5.32 Å². The second kappa shape index (κ2) is 5.16. The molecule has 1 aliphatic rings. The molecule has 1 heterocycles. The van der Waals surface area contributed by atoms with Crippen molar-refractivity contribution in [3.05, 3.63) is 29.6 Å². The number of carbonyl (C=O) groups is 1. The van der Waals surface area contributed by atoms with Crippen LogP contribution in [-0.4, -0.2) is 37.0 Å². The monoisotopic (exact) mass is 287 g/mol. The normalized spacial score (nSPS) is 21.8. The van der Waals surface area contributed by atoms with E-state index in [2.05, 4.69) is 5.32 Å². The van der Waals surface area contributed by atoms with Gasteiger partial charge in [0.05, 0.1) is 17.1 Å². The van der Waals surface area contributed by atoms with Crippen LogP contribution >= 0.6 is 0 Å². The van der Waals surface area contributed by atoms with E-state index in [1.54, 1.807) is 0 Å². The number of phenolic OH excluding ortho intramolecular Hbond substituents is 1. The zero-order valence-corrected chi connectivity index (χ0v) is 10.9. The number of carbonyl (C=O) groups excluding carboxylic acids is 1. The molecule has 19 heavy (non-hydrogen) atoms. The van der Waals surface area contributed by atoms with Crippen LogP contribution in [0, 0.1) is 5.82 Å². The predicted molar refractivity (Wildman–Crippen MR) is 67.2 cm³/mol. The number of nitrogens with one attached hydrogen (secondary N) is 1. The van der Waals surface area contributed by atoms with Crippen LogP contribution in [0.2, 0.25) is 0 Å². The van der Waals surface area contributed by atoms with E-state index in [9.17, 15) is 22.7 Å². The Hall–Kier alpha value is -1.63. The van der Waals surface area contributed by atoms with Gasteiger partial charge in [0.25, 0.3) is 5.91 Å². The first-order valence-corrected chi connectivity index (χ1v) is 7.69. The average molecular weight is 287 g/mol. The molecule has 1 aliphatic heterocycles. The third-order valence-electron chi connectivity index (χ3n) is 3.00. The standard InChI is InChI=1S/C12H14FNO4S/c13-8-3-4-11(15)10(6-8)12(16)14-9-2-1-5-19(17,18)7-9/h3-4,6,9,15H,1-2,5,7H2,(H,14,16). The molecule has 2 N–H and O–H groups in total. The number of benzene rings is 1. The molecule has 0 saturated carbocycles. The van der Waals surface area contributed by atoms with Gasteiger partial charge in [0, 0.05) is 6.04 Å². The lowest BCUT2D eigenvalue weighted by Crippen LogP contribution is -2.43. The quantitative estimate of drug-likeness (QED) is 0.844. The van der Waals surface area contributed by atoms with E-state index < -0.39 is 27.6 Å². The van der Waals surface area contributed by atoms with E-state index >= 15 is 0 Å². The second-order valence-corrected chi connectivity index (χ2v) is 6.82. The molecule has 1 aromatic carbocycles. The molecule has 0 spiro atoms. The minimum absolute atomic E-state index is 0.116. The molecule has 0 aliphatic carbocycles. The highest BCUT2D eigenvalue weighted by atomic mass is 32.2. The fourth-order valence-corrected chi connectivity index (χ4v) is 3.73. The number of halogens is 1. The Kier molecular flexibility index (Phi) is 3.75. The first kappa shape index (κ1) is 13.8. The second-order valence-electron chi connectivity index (χ2n) is 4.59. The Morgan fingerprint density at radius 2 is 2.16 bits per heavy atom. The van der Waals surface area contributed by atoms with Crippen LogP contribution in [0.15, 0.2) is 18.2 Å². The highest BCUT2D eigenvalue weighted by molar-refractivity contribution is 7.91. The summed E-state index contributed by atoms with van der Waals surface area (Å²) in [6.45, 7) is 0. The van der Waals surface area contributed by atoms with Gasteiger partial charge in [-0.3, -0.25) is 4.79 Å². The van der Waals surface area contributed by atoms with Crippen LogP contribution in [0.5, 0.6) is 5.75 Å². The van der Waals surface area contributed by atoms with Gasteiger partial charge in [-0.2, -0.15) is 0 Å². The van der Waals surface area contributed by atoms with Crippen molar-refractivity contribution < 1.29 is 22.7 Å². The minimum Gasteiger partial charge on any atom is -0.507 e. The molecule has 0 radical (unpaired) electrons. The van der Waals surface area contributed by atoms with Gasteiger partial charge in [-0.15, -0.1) is 0 Å². The lowest BCUT2D eigenvalue weighted by molar-refractivity contribution is 0.0935. The Morgan fingerprint density at radius 1 is 1.42 bits per heavy atom. The van der Waals surface area contributed by atoms with E-state index in [0.717, 1.165) is 18.2 Å². The number of rotatable bonds is 2. The van der Waals surface area contributed by atoms with Gasteiger partial charge in [-0.05, 0) is 31.0 Å². The van der Waals surface area contributed by atoms with Crippen molar-refractivity contribution in [3.8, 4) is 5.75 Å². The van der Waals surface area contributed by atoms with Crippen LogP contribution in [0.25, 0.3) is 0 Å². The highest BCUT2D eigenvalue weighted by Gasteiger charge is 2.26. The first-order valence-electron chi connectivity index (χ1n) is 5.87. The van der Waals surface area contributed by atoms with E-state index in [0.29, 0.717) is 12.8 Å². The van der Waals surface area contributed by atoms with Crippen molar-refractivity contribution in [1.29, 1.82) is 0 Å². The maximum absolute atomic E-state index is 13.0. The highest BCUT2D eigenvalue weighted by Crippen LogP contribution is 2.19. The molecule has 7 heteroatoms. The van der Waals surface area contributed by atoms with E-state index in [4.69, 9.17) is 0 Å². The van der Waals surface area contributed by atoms with E-state index in [-0.39, 0.29) is 22.8 Å². The molecule has 104 valence electrons. The summed E-state index contributed by atoms with van der Waals surface area (Å²) in [7, 11) is -3.13. The van der Waals surface area contributed by atoms with Crippen molar-refractivity contribution in [2.45, 2.75) is 18.9 Å². The maximum Gasteiger partial charge on any atom is 0.255 e. The summed E-state index contributed by atoms with van der Waals surface area (Å²) >= 11 is 0. The molecule has 1 unspecified atom stereocenters. The molecule has 0 bridgehead atoms. The largest absolute Gasteiger partial charge is 0.507 e. The number of aromatic hydroxyl groups is 1. The molecule has 1 atom stereocenters. The smallest absolute Gasteiger partial charge is 0.255 e. The van der Waals surface area contributed by atoms with Crippen LogP contribution in [0.1, 0.15) is 23.2 Å². The minimum atomic E-state index is -3.13. The number of amides is 1. The predicted octanol–water partition coefficient (Wildman–Crippen LogP) is 0.838. The Balaban J connectivity index is 2.11. The summed E-state index contributed by atoms with van der Waals surface area (Å²) in [4.78, 5) is 11.9. The molecule has 0 aromatic heterocycles. The molecular weight excluding hydrogens is 273 g/mol. The van der Waals surface area contributed by atoms with Crippen LogP contribution in [-0.2, 0) is 9.84 Å². The lowest BCUT2D eigenvalue weighted by Gasteiger charge is -2.23. The average Bonchev–Trinajstić information content (AvgIpc) is 2.31. The van der Waals surface area contributed by atoms with Crippen LogP contribution in [0.4, 0.5) is 4.39 Å². The number of hydrogen-bond donors (Lipinski definition) is 2. The van der Waals surface area contributed by atoms with Crippen LogP contribution in [0.3, 0.4) is 0 Å². The summed E-state index contributed by atoms with van der Waals surface area (Å²) < 4.78 is 35.9. The number of phenols is 1. The fourth-order valence-electron chi connectivity index (χ4n) is 2.09. The van der Waals surface area contributed by atoms with Crippen molar-refractivity contribution >= 4 is 15.7 Å². The number of sulfone groups is 1. The molecule has 1 saturated heterocycles. The fraction of sp³-hybridized carbons (Fsp3) is 0.417. The summed E-state index contributed by atoms with van der Waals surface area (Å²) in [5.41, 5.74) is -0.192. The van der Waals surface area contributed by atoms with Gasteiger partial charge >= 0.3 is 0 Å². The Labute approximate surface area is 110 Å². The van der Waals surface area contributed by atoms with Gasteiger partial charge in [0.15, 0.2) is 9.84 Å². The lowest BCUT2D eigenvalue weighted by atomic mass is 10.1. The molecule has 1 amide bonds. The van der Waals surface area contributed by atoms with Gasteiger partial charge in [0.1, 0.15) is 11.6 Å². The van der Waals surface area contributed by atoms with Gasteiger partial charge in [-0.25, -0.2) is 12.8 Å². The van der Waals surface area contributed by atoms with Gasteiger partial charge < -0.3 is 10.4 Å². The van der Waals surface area contributed by atoms with Crippen molar-refractivity contribution in [2.24, 2.45) is 0 Å². The first-order chi connectivity index (χ1) is 8.87. The zero-order chi connectivity index (χ0) is 14.0. The zero-order valence-electron chi connectivity index (χ0n) is 10.1. The summed E-state index contributed by atoms with van der Waals surface area (Å²) in [6.07, 6.45) is 1.05. The van der Waals surface area contributed by atoms with Gasteiger partial charge in [0.2, 0.25) is 0 Å². The van der Waals surface area contributed by atoms with Crippen molar-refractivity contribution in [1.82, 2.24) is 5.32 Å². The third kappa shape index (κ3) is 3.44. The molecule has 1 fully saturated rings. The van der Waals surface area contributed by atoms with Crippen molar-refractivity contribution in [3.63, 3.8) is 0 Å². The molecule has 5 nitrogen and oxygen atoms in total. The topological polar surface area (TPSA) is 83.5 Å². The maximum atomic E-state index is 13.0. The van der Waals surface area contributed by atoms with E-state index in [1.165, 1.54) is 0 Å². The molecule has 1 aromatic rings. The SMILES string of the molecule is O=C(NC1CCCS(=O)(=O)C1)c1cc(F)ccc1O. The number of hydrogen-bond acceptors (Lipinski definition) is 4. The molecular formula is C12H14FNO4S. The Morgan fingerprint density at radius 3 is 2.84 bits per heavy atom. The van der Waals surface area contributed by atoms with Crippen molar-refractivity contribution in [2.75, 3.05) is 11.5 Å².